The first-order valence-corrected chi connectivity index (χ1v) is 5.00. The fourth-order valence-corrected chi connectivity index (χ4v) is 2.19. The second-order valence-electron chi connectivity index (χ2n) is 4.57. The molecule has 0 bridgehead atoms. The van der Waals surface area contributed by atoms with Crippen molar-refractivity contribution < 1.29 is 0 Å². The Morgan fingerprint density at radius 2 is 2.29 bits per heavy atom. The summed E-state index contributed by atoms with van der Waals surface area (Å²) in [5, 5.41) is 0. The number of fused-ring (bicyclic) bond motifs is 3. The summed E-state index contributed by atoms with van der Waals surface area (Å²) >= 11 is 0. The molecule has 3 heteroatoms. The molecule has 2 aromatic rings. The monoisotopic (exact) mass is 187 g/mol. The van der Waals surface area contributed by atoms with E-state index < -0.39 is 0 Å². The minimum absolute atomic E-state index is 0.209. The second-order valence-corrected chi connectivity index (χ2v) is 4.57. The van der Waals surface area contributed by atoms with Gasteiger partial charge in [0.2, 0.25) is 0 Å². The van der Waals surface area contributed by atoms with Crippen molar-refractivity contribution in [3.05, 3.63) is 24.2 Å². The van der Waals surface area contributed by atoms with Crippen LogP contribution in [-0.2, 0) is 12.0 Å². The van der Waals surface area contributed by atoms with E-state index in [2.05, 4.69) is 28.4 Å². The van der Waals surface area contributed by atoms with Crippen LogP contribution in [-0.4, -0.2) is 14.5 Å². The van der Waals surface area contributed by atoms with Gasteiger partial charge in [-0.2, -0.15) is 0 Å². The average molecular weight is 187 g/mol. The molecule has 0 fully saturated rings. The Morgan fingerprint density at radius 3 is 3.14 bits per heavy atom. The summed E-state index contributed by atoms with van der Waals surface area (Å²) in [4.78, 5) is 9.03. The zero-order valence-corrected chi connectivity index (χ0v) is 8.49. The summed E-state index contributed by atoms with van der Waals surface area (Å²) in [6.45, 7) is 5.55. The molecule has 0 saturated heterocycles. The summed E-state index contributed by atoms with van der Waals surface area (Å²) in [5.74, 6) is 1.19. The van der Waals surface area contributed by atoms with Crippen LogP contribution in [0.4, 0.5) is 0 Å². The third-order valence-corrected chi connectivity index (χ3v) is 3.07. The Hall–Kier alpha value is -1.38. The molecule has 0 aromatic carbocycles. The highest BCUT2D eigenvalue weighted by Gasteiger charge is 2.33. The highest BCUT2D eigenvalue weighted by molar-refractivity contribution is 5.71. The van der Waals surface area contributed by atoms with Crippen LogP contribution in [0, 0.1) is 0 Å². The quantitative estimate of drug-likeness (QED) is 0.632. The molecular formula is C11H13N3. The topological polar surface area (TPSA) is 30.7 Å². The molecule has 72 valence electrons. The van der Waals surface area contributed by atoms with E-state index in [1.54, 1.807) is 0 Å². The zero-order valence-electron chi connectivity index (χ0n) is 8.49. The van der Waals surface area contributed by atoms with Gasteiger partial charge in [0.25, 0.3) is 0 Å². The smallest absolute Gasteiger partial charge is 0.159 e. The van der Waals surface area contributed by atoms with Crippen LogP contribution >= 0.6 is 0 Å². The van der Waals surface area contributed by atoms with Gasteiger partial charge in [0, 0.05) is 18.2 Å². The third-order valence-electron chi connectivity index (χ3n) is 3.07. The molecule has 0 N–H and O–H groups in total. The first-order valence-electron chi connectivity index (χ1n) is 5.00. The fourth-order valence-electron chi connectivity index (χ4n) is 2.19. The maximum atomic E-state index is 4.65. The Balaban J connectivity index is 2.37. The van der Waals surface area contributed by atoms with E-state index in [-0.39, 0.29) is 5.41 Å². The van der Waals surface area contributed by atoms with Gasteiger partial charge in [0.05, 0.1) is 0 Å². The Labute approximate surface area is 82.8 Å². The molecule has 0 radical (unpaired) electrons. The fraction of sp³-hybridized carbons (Fsp3) is 0.455. The first-order chi connectivity index (χ1) is 6.68. The molecule has 14 heavy (non-hydrogen) atoms. The minimum Gasteiger partial charge on any atom is -0.312 e. The highest BCUT2D eigenvalue weighted by atomic mass is 15.2. The van der Waals surface area contributed by atoms with Gasteiger partial charge in [-0.25, -0.2) is 9.97 Å². The van der Waals surface area contributed by atoms with Crippen molar-refractivity contribution >= 4 is 11.2 Å². The van der Waals surface area contributed by atoms with Crippen LogP contribution < -0.4 is 0 Å². The lowest BCUT2D eigenvalue weighted by molar-refractivity contribution is 0.510. The molecule has 2 aromatic heterocycles. The summed E-state index contributed by atoms with van der Waals surface area (Å²) in [7, 11) is 0. The van der Waals surface area contributed by atoms with E-state index in [0.717, 1.165) is 17.7 Å². The van der Waals surface area contributed by atoms with Gasteiger partial charge < -0.3 is 4.57 Å². The van der Waals surface area contributed by atoms with Crippen molar-refractivity contribution in [3.8, 4) is 0 Å². The van der Waals surface area contributed by atoms with Crippen molar-refractivity contribution in [2.75, 3.05) is 0 Å². The van der Waals surface area contributed by atoms with Crippen LogP contribution in [0.25, 0.3) is 11.2 Å². The lowest BCUT2D eigenvalue weighted by Gasteiger charge is -2.13. The number of aromatic nitrogens is 3. The maximum Gasteiger partial charge on any atom is 0.159 e. The molecule has 0 atom stereocenters. The molecule has 0 unspecified atom stereocenters. The number of pyridine rings is 1. The van der Waals surface area contributed by atoms with Crippen molar-refractivity contribution in [2.45, 2.75) is 32.2 Å². The van der Waals surface area contributed by atoms with Crippen molar-refractivity contribution in [2.24, 2.45) is 0 Å². The highest BCUT2D eigenvalue weighted by Crippen LogP contribution is 2.35. The van der Waals surface area contributed by atoms with E-state index >= 15 is 0 Å². The second kappa shape index (κ2) is 2.35. The van der Waals surface area contributed by atoms with Crippen LogP contribution in [0.3, 0.4) is 0 Å². The SMILES string of the molecule is CC1(C)CCn2c1nc1cccnc12. The van der Waals surface area contributed by atoms with Gasteiger partial charge in [-0.05, 0) is 18.6 Å². The summed E-state index contributed by atoms with van der Waals surface area (Å²) in [6, 6.07) is 3.97. The van der Waals surface area contributed by atoms with E-state index in [9.17, 15) is 0 Å². The van der Waals surface area contributed by atoms with Crippen LogP contribution in [0.15, 0.2) is 18.3 Å². The van der Waals surface area contributed by atoms with Gasteiger partial charge in [-0.1, -0.05) is 13.8 Å². The molecule has 1 aliphatic heterocycles. The van der Waals surface area contributed by atoms with Gasteiger partial charge in [-0.3, -0.25) is 0 Å². The number of hydrogen-bond acceptors (Lipinski definition) is 2. The Kier molecular flexibility index (Phi) is 1.34. The Bertz CT molecular complexity index is 496. The van der Waals surface area contributed by atoms with Gasteiger partial charge in [0.1, 0.15) is 11.3 Å². The van der Waals surface area contributed by atoms with E-state index in [4.69, 9.17) is 0 Å². The van der Waals surface area contributed by atoms with Crippen LogP contribution in [0.1, 0.15) is 26.1 Å². The lowest BCUT2D eigenvalue weighted by Crippen LogP contribution is -2.13. The predicted molar refractivity (Wildman–Crippen MR) is 55.2 cm³/mol. The lowest BCUT2D eigenvalue weighted by atomic mass is 9.91. The predicted octanol–water partition coefficient (Wildman–Crippen LogP) is 2.11. The van der Waals surface area contributed by atoms with Crippen LogP contribution in [0.5, 0.6) is 0 Å². The molecule has 0 amide bonds. The number of imidazole rings is 1. The summed E-state index contributed by atoms with van der Waals surface area (Å²) in [5.41, 5.74) is 2.27. The third kappa shape index (κ3) is 0.870. The van der Waals surface area contributed by atoms with E-state index in [1.165, 1.54) is 12.2 Å². The van der Waals surface area contributed by atoms with E-state index in [0.29, 0.717) is 0 Å². The normalized spacial score (nSPS) is 18.7. The molecule has 3 rings (SSSR count). The zero-order chi connectivity index (χ0) is 9.76. The number of nitrogens with zero attached hydrogens (tertiary/aromatic N) is 3. The average Bonchev–Trinajstić information content (AvgIpc) is 2.65. The molecule has 0 spiro atoms. The standard InChI is InChI=1S/C11H13N3/c1-11(2)5-7-14-9-8(13-10(11)14)4-3-6-12-9/h3-4,6H,5,7H2,1-2H3. The van der Waals surface area contributed by atoms with Crippen molar-refractivity contribution in [1.82, 2.24) is 14.5 Å². The van der Waals surface area contributed by atoms with Crippen molar-refractivity contribution in [1.29, 1.82) is 0 Å². The van der Waals surface area contributed by atoms with Gasteiger partial charge in [0.15, 0.2) is 5.65 Å². The summed E-state index contributed by atoms with van der Waals surface area (Å²) in [6.07, 6.45) is 3.00. The maximum absolute atomic E-state index is 4.65. The molecule has 0 aliphatic carbocycles. The molecular weight excluding hydrogens is 174 g/mol. The molecule has 3 nitrogen and oxygen atoms in total. The molecule has 0 saturated carbocycles. The van der Waals surface area contributed by atoms with Crippen LogP contribution in [0.2, 0.25) is 0 Å². The summed E-state index contributed by atoms with van der Waals surface area (Å²) < 4.78 is 2.25. The van der Waals surface area contributed by atoms with Crippen molar-refractivity contribution in [3.63, 3.8) is 0 Å². The first kappa shape index (κ1) is 7.97. The van der Waals surface area contributed by atoms with E-state index in [1.807, 2.05) is 18.3 Å². The number of rotatable bonds is 0. The molecule has 3 heterocycles. The largest absolute Gasteiger partial charge is 0.312 e. The number of aryl methyl sites for hydroxylation is 1. The Morgan fingerprint density at radius 1 is 1.43 bits per heavy atom. The number of hydrogen-bond donors (Lipinski definition) is 0. The molecule has 1 aliphatic rings. The van der Waals surface area contributed by atoms with Gasteiger partial charge in [-0.15, -0.1) is 0 Å². The van der Waals surface area contributed by atoms with Gasteiger partial charge >= 0.3 is 0 Å². The minimum atomic E-state index is 0.209.